The first-order valence-corrected chi connectivity index (χ1v) is 10.7. The average molecular weight is 428 g/mol. The third kappa shape index (κ3) is 6.18. The number of hydrogen-bond acceptors (Lipinski definition) is 4. The molecule has 0 N–H and O–H groups in total. The van der Waals surface area contributed by atoms with Crippen molar-refractivity contribution in [1.29, 1.82) is 0 Å². The lowest BCUT2D eigenvalue weighted by Crippen LogP contribution is -2.44. The third-order valence-electron chi connectivity index (χ3n) is 6.07. The van der Waals surface area contributed by atoms with E-state index < -0.39 is 35.3 Å². The molecule has 30 heavy (non-hydrogen) atoms. The third-order valence-corrected chi connectivity index (χ3v) is 6.07. The highest BCUT2D eigenvalue weighted by atomic mass is 19.2. The number of methoxy groups -OCH3 is 1. The van der Waals surface area contributed by atoms with Gasteiger partial charge < -0.3 is 19.3 Å². The maximum absolute atomic E-state index is 14.1. The largest absolute Gasteiger partial charge is 0.383 e. The summed E-state index contributed by atoms with van der Waals surface area (Å²) in [5.41, 5.74) is -0.508. The van der Waals surface area contributed by atoms with Crippen molar-refractivity contribution in [3.8, 4) is 0 Å². The number of benzene rings is 1. The summed E-state index contributed by atoms with van der Waals surface area (Å²) in [6.45, 7) is 5.04. The van der Waals surface area contributed by atoms with E-state index in [4.69, 9.17) is 9.47 Å². The standard InChI is InChI=1S/C22H31F3N2O3/c1-29-12-10-26-8-6-16(7-9-26)14-27(15-17-3-2-11-30-17)21(28)13-18-19(23)4-5-20(24)22(18)25/h4-5,16-17H,2-3,6-15H2,1H3. The van der Waals surface area contributed by atoms with Crippen molar-refractivity contribution in [2.24, 2.45) is 5.92 Å². The first-order valence-electron chi connectivity index (χ1n) is 10.7. The van der Waals surface area contributed by atoms with Gasteiger partial charge in [0.05, 0.1) is 19.1 Å². The minimum atomic E-state index is -1.29. The summed E-state index contributed by atoms with van der Waals surface area (Å²) in [7, 11) is 1.69. The number of likely N-dealkylation sites (tertiary alicyclic amines) is 1. The van der Waals surface area contributed by atoms with E-state index in [1.807, 2.05) is 0 Å². The zero-order valence-corrected chi connectivity index (χ0v) is 17.5. The highest BCUT2D eigenvalue weighted by molar-refractivity contribution is 5.79. The molecule has 8 heteroatoms. The number of rotatable bonds is 9. The van der Waals surface area contributed by atoms with Gasteiger partial charge in [-0.1, -0.05) is 0 Å². The number of amides is 1. The molecule has 0 spiro atoms. The van der Waals surface area contributed by atoms with Crippen LogP contribution in [0.3, 0.4) is 0 Å². The normalized spacial score (nSPS) is 20.6. The molecule has 1 amide bonds. The lowest BCUT2D eigenvalue weighted by molar-refractivity contribution is -0.133. The van der Waals surface area contributed by atoms with Crippen LogP contribution in [0.4, 0.5) is 13.2 Å². The molecular weight excluding hydrogens is 397 g/mol. The Morgan fingerprint density at radius 1 is 1.17 bits per heavy atom. The van der Waals surface area contributed by atoms with Gasteiger partial charge in [0.2, 0.25) is 5.91 Å². The van der Waals surface area contributed by atoms with Crippen molar-refractivity contribution in [3.63, 3.8) is 0 Å². The summed E-state index contributed by atoms with van der Waals surface area (Å²) >= 11 is 0. The number of carbonyl (C=O) groups excluding carboxylic acids is 1. The number of halogens is 3. The molecular formula is C22H31F3N2O3. The maximum atomic E-state index is 14.1. The van der Waals surface area contributed by atoms with Gasteiger partial charge in [-0.3, -0.25) is 4.79 Å². The van der Waals surface area contributed by atoms with E-state index in [0.717, 1.165) is 57.5 Å². The van der Waals surface area contributed by atoms with Crippen LogP contribution in [0.15, 0.2) is 12.1 Å². The molecule has 2 aliphatic rings. The highest BCUT2D eigenvalue weighted by Gasteiger charge is 2.28. The predicted octanol–water partition coefficient (Wildman–Crippen LogP) is 3.01. The maximum Gasteiger partial charge on any atom is 0.227 e. The van der Waals surface area contributed by atoms with Crippen LogP contribution < -0.4 is 0 Å². The number of ether oxygens (including phenoxy) is 2. The van der Waals surface area contributed by atoms with Crippen molar-refractivity contribution in [1.82, 2.24) is 9.80 Å². The van der Waals surface area contributed by atoms with Crippen molar-refractivity contribution in [3.05, 3.63) is 35.1 Å². The Kier molecular flexibility index (Phi) is 8.53. The quantitative estimate of drug-likeness (QED) is 0.567. The Bertz CT molecular complexity index is 705. The molecule has 0 aromatic heterocycles. The van der Waals surface area contributed by atoms with Crippen LogP contribution in [0.25, 0.3) is 0 Å². The SMILES string of the molecule is COCCN1CCC(CN(CC2CCCO2)C(=O)Cc2c(F)ccc(F)c2F)CC1. The Balaban J connectivity index is 1.64. The predicted molar refractivity (Wildman–Crippen MR) is 107 cm³/mol. The van der Waals surface area contributed by atoms with Crippen molar-refractivity contribution in [2.45, 2.75) is 38.2 Å². The lowest BCUT2D eigenvalue weighted by atomic mass is 9.95. The van der Waals surface area contributed by atoms with Crippen molar-refractivity contribution in [2.75, 3.05) is 53.0 Å². The Hall–Kier alpha value is -1.64. The summed E-state index contributed by atoms with van der Waals surface area (Å²) in [5, 5.41) is 0. The van der Waals surface area contributed by atoms with Gasteiger partial charge in [-0.05, 0) is 56.8 Å². The van der Waals surface area contributed by atoms with Crippen LogP contribution in [0, 0.1) is 23.4 Å². The van der Waals surface area contributed by atoms with Gasteiger partial charge in [-0.25, -0.2) is 13.2 Å². The Morgan fingerprint density at radius 2 is 1.90 bits per heavy atom. The summed E-state index contributed by atoms with van der Waals surface area (Å²) in [5.74, 6) is -3.40. The molecule has 5 nitrogen and oxygen atoms in total. The fraction of sp³-hybridized carbons (Fsp3) is 0.682. The van der Waals surface area contributed by atoms with Gasteiger partial charge in [-0.2, -0.15) is 0 Å². The summed E-state index contributed by atoms with van der Waals surface area (Å²) in [6.07, 6.45) is 3.15. The Morgan fingerprint density at radius 3 is 2.57 bits per heavy atom. The van der Waals surface area contributed by atoms with E-state index in [9.17, 15) is 18.0 Å². The van der Waals surface area contributed by atoms with E-state index in [-0.39, 0.29) is 6.10 Å². The molecule has 2 heterocycles. The molecule has 0 radical (unpaired) electrons. The molecule has 2 fully saturated rings. The zero-order valence-electron chi connectivity index (χ0n) is 17.5. The Labute approximate surface area is 176 Å². The molecule has 0 aliphatic carbocycles. The first kappa shape index (κ1) is 23.0. The fourth-order valence-electron chi connectivity index (χ4n) is 4.23. The molecule has 0 bridgehead atoms. The molecule has 2 saturated heterocycles. The van der Waals surface area contributed by atoms with Crippen LogP contribution in [0.2, 0.25) is 0 Å². The van der Waals surface area contributed by atoms with Crippen LogP contribution >= 0.6 is 0 Å². The summed E-state index contributed by atoms with van der Waals surface area (Å²) < 4.78 is 52.5. The number of piperidine rings is 1. The van der Waals surface area contributed by atoms with E-state index in [1.54, 1.807) is 12.0 Å². The van der Waals surface area contributed by atoms with Crippen LogP contribution in [-0.2, 0) is 20.7 Å². The minimum absolute atomic E-state index is 0.0575. The molecule has 1 aromatic carbocycles. The minimum Gasteiger partial charge on any atom is -0.383 e. The summed E-state index contributed by atoms with van der Waals surface area (Å²) in [4.78, 5) is 17.0. The number of carbonyl (C=O) groups is 1. The highest BCUT2D eigenvalue weighted by Crippen LogP contribution is 2.22. The molecule has 168 valence electrons. The monoisotopic (exact) mass is 428 g/mol. The van der Waals surface area contributed by atoms with E-state index in [1.165, 1.54) is 0 Å². The van der Waals surface area contributed by atoms with Crippen LogP contribution in [0.5, 0.6) is 0 Å². The fourth-order valence-corrected chi connectivity index (χ4v) is 4.23. The topological polar surface area (TPSA) is 42.0 Å². The summed E-state index contributed by atoms with van der Waals surface area (Å²) in [6, 6.07) is 1.60. The second kappa shape index (κ2) is 11.1. The van der Waals surface area contributed by atoms with Gasteiger partial charge >= 0.3 is 0 Å². The van der Waals surface area contributed by atoms with Gasteiger partial charge in [0, 0.05) is 38.9 Å². The van der Waals surface area contributed by atoms with Gasteiger partial charge in [0.25, 0.3) is 0 Å². The molecule has 1 atom stereocenters. The number of nitrogens with zero attached hydrogens (tertiary/aromatic N) is 2. The van der Waals surface area contributed by atoms with Crippen molar-refractivity contribution < 1.29 is 27.4 Å². The molecule has 1 aromatic rings. The van der Waals surface area contributed by atoms with Gasteiger partial charge in [0.15, 0.2) is 11.6 Å². The molecule has 3 rings (SSSR count). The zero-order chi connectivity index (χ0) is 21.5. The first-order chi connectivity index (χ1) is 14.5. The average Bonchev–Trinajstić information content (AvgIpc) is 3.26. The molecule has 1 unspecified atom stereocenters. The molecule has 0 saturated carbocycles. The van der Waals surface area contributed by atoms with E-state index in [0.29, 0.717) is 32.2 Å². The second-order valence-corrected chi connectivity index (χ2v) is 8.21. The van der Waals surface area contributed by atoms with Gasteiger partial charge in [0.1, 0.15) is 5.82 Å². The van der Waals surface area contributed by atoms with Crippen LogP contribution in [-0.4, -0.2) is 74.9 Å². The smallest absolute Gasteiger partial charge is 0.227 e. The number of hydrogen-bond donors (Lipinski definition) is 0. The molecule has 2 aliphatic heterocycles. The van der Waals surface area contributed by atoms with Crippen molar-refractivity contribution >= 4 is 5.91 Å². The van der Waals surface area contributed by atoms with E-state index in [2.05, 4.69) is 4.90 Å². The lowest BCUT2D eigenvalue weighted by Gasteiger charge is -2.35. The van der Waals surface area contributed by atoms with E-state index >= 15 is 0 Å². The van der Waals surface area contributed by atoms with Gasteiger partial charge in [-0.15, -0.1) is 0 Å². The van der Waals surface area contributed by atoms with Crippen LogP contribution in [0.1, 0.15) is 31.2 Å². The second-order valence-electron chi connectivity index (χ2n) is 8.21.